The lowest BCUT2D eigenvalue weighted by molar-refractivity contribution is -0.139. The molecule has 2 rings (SSSR count). The first-order valence-electron chi connectivity index (χ1n) is 8.44. The van der Waals surface area contributed by atoms with Gasteiger partial charge >= 0.3 is 0 Å². The lowest BCUT2D eigenvalue weighted by Gasteiger charge is -2.40. The van der Waals surface area contributed by atoms with Crippen molar-refractivity contribution in [2.24, 2.45) is 5.73 Å². The van der Waals surface area contributed by atoms with E-state index in [4.69, 9.17) is 5.73 Å². The predicted molar refractivity (Wildman–Crippen MR) is 94.1 cm³/mol. The molecule has 1 saturated heterocycles. The van der Waals surface area contributed by atoms with Gasteiger partial charge in [-0.3, -0.25) is 4.79 Å². The molecule has 0 unspecified atom stereocenters. The molecule has 23 heavy (non-hydrogen) atoms. The van der Waals surface area contributed by atoms with E-state index in [-0.39, 0.29) is 30.1 Å². The van der Waals surface area contributed by atoms with E-state index in [1.54, 1.807) is 0 Å². The Balaban J connectivity index is 0.00000264. The van der Waals surface area contributed by atoms with Crippen molar-refractivity contribution in [1.82, 2.24) is 9.62 Å². The molecule has 0 atom stereocenters. The van der Waals surface area contributed by atoms with Crippen LogP contribution in [0.5, 0.6) is 0 Å². The number of nitrogens with two attached hydrogens (primary N) is 1. The molecule has 0 aromatic heterocycles. The Hall–Kier alpha value is -0.370. The number of rotatable bonds is 5. The van der Waals surface area contributed by atoms with E-state index in [2.05, 4.69) is 4.72 Å². The molecule has 3 N–H and O–H groups in total. The summed E-state index contributed by atoms with van der Waals surface area (Å²) in [7, 11) is -3.18. The molecule has 1 amide bonds. The van der Waals surface area contributed by atoms with E-state index < -0.39 is 15.6 Å². The number of carbonyl (C=O) groups is 1. The standard InChI is InChI=1S/C15H29N3O3S.ClH/c1-2-12-22(20,21)17-13-6-10-18(11-7-13)14(19)15(16)8-4-3-5-9-15;/h13,17H,2-12,16H2,1H3;1H. The molecular weight excluding hydrogens is 338 g/mol. The summed E-state index contributed by atoms with van der Waals surface area (Å²) >= 11 is 0. The Morgan fingerprint density at radius 2 is 1.78 bits per heavy atom. The van der Waals surface area contributed by atoms with Crippen LogP contribution in [0.1, 0.15) is 58.3 Å². The first-order valence-corrected chi connectivity index (χ1v) is 10.1. The number of amides is 1. The number of carbonyl (C=O) groups excluding carboxylic acids is 1. The van der Waals surface area contributed by atoms with Crippen LogP contribution in [-0.2, 0) is 14.8 Å². The normalized spacial score (nSPS) is 22.4. The zero-order valence-electron chi connectivity index (χ0n) is 13.9. The van der Waals surface area contributed by atoms with Crippen molar-refractivity contribution >= 4 is 28.3 Å². The van der Waals surface area contributed by atoms with Crippen LogP contribution in [0.3, 0.4) is 0 Å². The molecular formula is C15H30ClN3O3S. The van der Waals surface area contributed by atoms with Crippen molar-refractivity contribution in [3.8, 4) is 0 Å². The van der Waals surface area contributed by atoms with Crippen LogP contribution in [0.15, 0.2) is 0 Å². The van der Waals surface area contributed by atoms with Gasteiger partial charge in [0.1, 0.15) is 0 Å². The maximum atomic E-state index is 12.6. The number of likely N-dealkylation sites (tertiary alicyclic amines) is 1. The van der Waals surface area contributed by atoms with E-state index in [1.165, 1.54) is 0 Å². The summed E-state index contributed by atoms with van der Waals surface area (Å²) in [5, 5.41) is 0. The second-order valence-corrected chi connectivity index (χ2v) is 8.59. The molecule has 136 valence electrons. The van der Waals surface area contributed by atoms with Crippen molar-refractivity contribution in [1.29, 1.82) is 0 Å². The largest absolute Gasteiger partial charge is 0.341 e. The van der Waals surface area contributed by atoms with Crippen LogP contribution >= 0.6 is 12.4 Å². The molecule has 0 aromatic rings. The Morgan fingerprint density at radius 1 is 1.22 bits per heavy atom. The van der Waals surface area contributed by atoms with Gasteiger partial charge in [0.05, 0.1) is 11.3 Å². The van der Waals surface area contributed by atoms with E-state index in [0.717, 1.165) is 32.1 Å². The highest BCUT2D eigenvalue weighted by atomic mass is 35.5. The number of sulfonamides is 1. The Bertz CT molecular complexity index is 484. The number of nitrogens with zero attached hydrogens (tertiary/aromatic N) is 1. The second kappa shape index (κ2) is 8.65. The van der Waals surface area contributed by atoms with Gasteiger partial charge in [-0.05, 0) is 32.1 Å². The second-order valence-electron chi connectivity index (χ2n) is 6.72. The van der Waals surface area contributed by atoms with E-state index >= 15 is 0 Å². The van der Waals surface area contributed by atoms with Crippen LogP contribution in [0.2, 0.25) is 0 Å². The molecule has 0 radical (unpaired) electrons. The predicted octanol–water partition coefficient (Wildman–Crippen LogP) is 1.39. The highest BCUT2D eigenvalue weighted by Crippen LogP contribution is 2.28. The minimum atomic E-state index is -3.18. The van der Waals surface area contributed by atoms with Crippen molar-refractivity contribution in [3.63, 3.8) is 0 Å². The van der Waals surface area contributed by atoms with Gasteiger partial charge in [-0.15, -0.1) is 12.4 Å². The summed E-state index contributed by atoms with van der Waals surface area (Å²) in [6.07, 6.45) is 6.71. The van der Waals surface area contributed by atoms with Crippen LogP contribution in [-0.4, -0.2) is 49.6 Å². The van der Waals surface area contributed by atoms with E-state index in [1.807, 2.05) is 11.8 Å². The zero-order chi connectivity index (χ0) is 16.2. The first kappa shape index (κ1) is 20.7. The van der Waals surface area contributed by atoms with Gasteiger partial charge in [0.15, 0.2) is 0 Å². The number of halogens is 1. The monoisotopic (exact) mass is 367 g/mol. The Kier molecular flexibility index (Phi) is 7.77. The lowest BCUT2D eigenvalue weighted by Crippen LogP contribution is -2.58. The number of hydrogen-bond donors (Lipinski definition) is 2. The average Bonchev–Trinajstić information content (AvgIpc) is 2.47. The number of piperidine rings is 1. The summed E-state index contributed by atoms with van der Waals surface area (Å²) in [5.41, 5.74) is 5.62. The smallest absolute Gasteiger partial charge is 0.242 e. The molecule has 8 heteroatoms. The quantitative estimate of drug-likeness (QED) is 0.767. The number of nitrogens with one attached hydrogen (secondary N) is 1. The van der Waals surface area contributed by atoms with Gasteiger partial charge in [-0.25, -0.2) is 13.1 Å². The third kappa shape index (κ3) is 5.59. The molecule has 0 bridgehead atoms. The van der Waals surface area contributed by atoms with Crippen molar-refractivity contribution < 1.29 is 13.2 Å². The summed E-state index contributed by atoms with van der Waals surface area (Å²) < 4.78 is 26.3. The molecule has 1 heterocycles. The average molecular weight is 368 g/mol. The summed E-state index contributed by atoms with van der Waals surface area (Å²) in [5.74, 6) is 0.222. The highest BCUT2D eigenvalue weighted by Gasteiger charge is 2.39. The first-order chi connectivity index (χ1) is 10.4. The SMILES string of the molecule is CCCS(=O)(=O)NC1CCN(C(=O)C2(N)CCCCC2)CC1.Cl. The van der Waals surface area contributed by atoms with Gasteiger partial charge < -0.3 is 10.6 Å². The highest BCUT2D eigenvalue weighted by molar-refractivity contribution is 7.89. The minimum Gasteiger partial charge on any atom is -0.341 e. The molecule has 1 aliphatic carbocycles. The molecule has 0 aromatic carbocycles. The lowest BCUT2D eigenvalue weighted by atomic mass is 9.81. The van der Waals surface area contributed by atoms with Crippen molar-refractivity contribution in [2.75, 3.05) is 18.8 Å². The Morgan fingerprint density at radius 3 is 2.30 bits per heavy atom. The Labute approximate surface area is 146 Å². The van der Waals surface area contributed by atoms with Gasteiger partial charge in [-0.1, -0.05) is 26.2 Å². The van der Waals surface area contributed by atoms with Crippen LogP contribution in [0.4, 0.5) is 0 Å². The maximum absolute atomic E-state index is 12.6. The summed E-state index contributed by atoms with van der Waals surface area (Å²) in [6, 6.07) is -0.0549. The van der Waals surface area contributed by atoms with Crippen molar-refractivity contribution in [2.45, 2.75) is 69.9 Å². The minimum absolute atomic E-state index is 0. The molecule has 2 aliphatic rings. The van der Waals surface area contributed by atoms with Gasteiger partial charge in [0.25, 0.3) is 0 Å². The van der Waals surface area contributed by atoms with Gasteiger partial charge in [0, 0.05) is 19.1 Å². The van der Waals surface area contributed by atoms with Crippen LogP contribution in [0, 0.1) is 0 Å². The zero-order valence-corrected chi connectivity index (χ0v) is 15.6. The summed E-state index contributed by atoms with van der Waals surface area (Å²) in [4.78, 5) is 14.5. The fourth-order valence-electron chi connectivity index (χ4n) is 3.49. The number of hydrogen-bond acceptors (Lipinski definition) is 4. The van der Waals surface area contributed by atoms with Crippen LogP contribution < -0.4 is 10.5 Å². The molecule has 1 aliphatic heterocycles. The topological polar surface area (TPSA) is 92.5 Å². The molecule has 6 nitrogen and oxygen atoms in total. The molecule has 0 spiro atoms. The van der Waals surface area contributed by atoms with Crippen molar-refractivity contribution in [3.05, 3.63) is 0 Å². The van der Waals surface area contributed by atoms with Crippen LogP contribution in [0.25, 0.3) is 0 Å². The maximum Gasteiger partial charge on any atom is 0.242 e. The summed E-state index contributed by atoms with van der Waals surface area (Å²) in [6.45, 7) is 3.04. The van der Waals surface area contributed by atoms with Gasteiger partial charge in [0.2, 0.25) is 15.9 Å². The molecule has 1 saturated carbocycles. The van der Waals surface area contributed by atoms with E-state index in [9.17, 15) is 13.2 Å². The molecule has 2 fully saturated rings. The van der Waals surface area contributed by atoms with Gasteiger partial charge in [-0.2, -0.15) is 0 Å². The third-order valence-electron chi connectivity index (χ3n) is 4.77. The third-order valence-corrected chi connectivity index (χ3v) is 6.41. The fourth-order valence-corrected chi connectivity index (χ4v) is 4.89. The fraction of sp³-hybridized carbons (Fsp3) is 0.933. The van der Waals surface area contributed by atoms with E-state index in [0.29, 0.717) is 32.4 Å².